The predicted octanol–water partition coefficient (Wildman–Crippen LogP) is 2.83. The lowest BCUT2D eigenvalue weighted by molar-refractivity contribution is 0.102. The zero-order chi connectivity index (χ0) is 14.8. The molecular formula is C15H10ClN3O2. The van der Waals surface area contributed by atoms with Gasteiger partial charge in [0.1, 0.15) is 5.69 Å². The van der Waals surface area contributed by atoms with E-state index in [-0.39, 0.29) is 5.69 Å². The standard InChI is InChI=1S/C15H10ClN3O2/c16-9-4-3-5-10(8-9)17-14(20)13-11-6-1-2-7-12(11)18-15(21)19-13/h1-8H,(H,17,20)(H,18,19,21). The normalized spacial score (nSPS) is 10.5. The molecule has 2 aromatic carbocycles. The average molecular weight is 300 g/mol. The number of para-hydroxylation sites is 1. The fourth-order valence-electron chi connectivity index (χ4n) is 2.03. The molecule has 0 saturated heterocycles. The highest BCUT2D eigenvalue weighted by atomic mass is 35.5. The van der Waals surface area contributed by atoms with Crippen LogP contribution in [0.3, 0.4) is 0 Å². The molecule has 0 unspecified atom stereocenters. The molecular weight excluding hydrogens is 290 g/mol. The summed E-state index contributed by atoms with van der Waals surface area (Å²) in [5, 5.41) is 3.77. The van der Waals surface area contributed by atoms with Gasteiger partial charge in [-0.1, -0.05) is 35.9 Å². The van der Waals surface area contributed by atoms with Crippen molar-refractivity contribution >= 4 is 34.1 Å². The fourth-order valence-corrected chi connectivity index (χ4v) is 2.22. The van der Waals surface area contributed by atoms with Crippen molar-refractivity contribution in [1.82, 2.24) is 9.97 Å². The Balaban J connectivity index is 2.04. The summed E-state index contributed by atoms with van der Waals surface area (Å²) in [5.74, 6) is -0.459. The van der Waals surface area contributed by atoms with E-state index in [1.165, 1.54) is 0 Å². The summed E-state index contributed by atoms with van der Waals surface area (Å²) in [4.78, 5) is 30.2. The van der Waals surface area contributed by atoms with E-state index in [2.05, 4.69) is 15.3 Å². The summed E-state index contributed by atoms with van der Waals surface area (Å²) in [5.41, 5.74) is 0.617. The second kappa shape index (κ2) is 5.38. The van der Waals surface area contributed by atoms with Crippen LogP contribution in [-0.2, 0) is 0 Å². The van der Waals surface area contributed by atoms with Crippen LogP contribution in [0.2, 0.25) is 5.02 Å². The van der Waals surface area contributed by atoms with E-state index in [4.69, 9.17) is 11.6 Å². The van der Waals surface area contributed by atoms with Gasteiger partial charge in [0.2, 0.25) is 0 Å². The van der Waals surface area contributed by atoms with E-state index in [1.54, 1.807) is 48.5 Å². The van der Waals surface area contributed by atoms with Crippen molar-refractivity contribution in [3.63, 3.8) is 0 Å². The van der Waals surface area contributed by atoms with Gasteiger partial charge in [-0.2, -0.15) is 4.98 Å². The predicted molar refractivity (Wildman–Crippen MR) is 81.8 cm³/mol. The SMILES string of the molecule is O=C(Nc1cccc(Cl)c1)c1nc(=O)[nH]c2ccccc12. The molecule has 0 aliphatic rings. The second-order valence-electron chi connectivity index (χ2n) is 4.40. The van der Waals surface area contributed by atoms with Crippen LogP contribution in [0.25, 0.3) is 10.9 Å². The lowest BCUT2D eigenvalue weighted by Gasteiger charge is -2.07. The molecule has 21 heavy (non-hydrogen) atoms. The second-order valence-corrected chi connectivity index (χ2v) is 4.84. The van der Waals surface area contributed by atoms with Crippen LogP contribution < -0.4 is 11.0 Å². The topological polar surface area (TPSA) is 74.8 Å². The number of carbonyl (C=O) groups excluding carboxylic acids is 1. The lowest BCUT2D eigenvalue weighted by atomic mass is 10.2. The minimum absolute atomic E-state index is 0.0781. The van der Waals surface area contributed by atoms with Gasteiger partial charge in [-0.25, -0.2) is 4.79 Å². The van der Waals surface area contributed by atoms with Gasteiger partial charge >= 0.3 is 5.69 Å². The van der Waals surface area contributed by atoms with Crippen LogP contribution in [0.4, 0.5) is 5.69 Å². The van der Waals surface area contributed by atoms with Crippen LogP contribution in [0.5, 0.6) is 0 Å². The highest BCUT2D eigenvalue weighted by Crippen LogP contribution is 2.17. The van der Waals surface area contributed by atoms with Gasteiger partial charge in [-0.15, -0.1) is 0 Å². The van der Waals surface area contributed by atoms with Gasteiger partial charge in [0.15, 0.2) is 0 Å². The number of aromatic nitrogens is 2. The molecule has 104 valence electrons. The number of anilines is 1. The van der Waals surface area contributed by atoms with Crippen molar-refractivity contribution in [3.05, 3.63) is 69.7 Å². The summed E-state index contributed by atoms with van der Waals surface area (Å²) in [7, 11) is 0. The number of halogens is 1. The molecule has 5 nitrogen and oxygen atoms in total. The number of H-pyrrole nitrogens is 1. The number of carbonyl (C=O) groups is 1. The summed E-state index contributed by atoms with van der Waals surface area (Å²) < 4.78 is 0. The summed E-state index contributed by atoms with van der Waals surface area (Å²) in [6, 6.07) is 13.8. The number of benzene rings is 2. The zero-order valence-electron chi connectivity index (χ0n) is 10.8. The Morgan fingerprint density at radius 1 is 1.14 bits per heavy atom. The Labute approximate surface area is 124 Å². The minimum Gasteiger partial charge on any atom is -0.321 e. The van der Waals surface area contributed by atoms with Crippen LogP contribution in [0.15, 0.2) is 53.3 Å². The van der Waals surface area contributed by atoms with Gasteiger partial charge in [-0.3, -0.25) is 4.79 Å². The summed E-state index contributed by atoms with van der Waals surface area (Å²) >= 11 is 5.87. The molecule has 3 aromatic rings. The molecule has 1 amide bonds. The number of rotatable bonds is 2. The number of fused-ring (bicyclic) bond motifs is 1. The molecule has 3 rings (SSSR count). The minimum atomic E-state index is -0.565. The molecule has 0 spiro atoms. The van der Waals surface area contributed by atoms with Gasteiger partial charge in [-0.05, 0) is 24.3 Å². The smallest absolute Gasteiger partial charge is 0.321 e. The Morgan fingerprint density at radius 3 is 2.76 bits per heavy atom. The monoisotopic (exact) mass is 299 g/mol. The van der Waals surface area contributed by atoms with E-state index in [1.807, 2.05) is 0 Å². The van der Waals surface area contributed by atoms with Crippen LogP contribution in [-0.4, -0.2) is 15.9 Å². The average Bonchev–Trinajstić information content (AvgIpc) is 2.46. The van der Waals surface area contributed by atoms with Crippen molar-refractivity contribution in [1.29, 1.82) is 0 Å². The third-order valence-electron chi connectivity index (χ3n) is 2.93. The molecule has 0 aliphatic heterocycles. The fraction of sp³-hybridized carbons (Fsp3) is 0. The van der Waals surface area contributed by atoms with Crippen molar-refractivity contribution in [3.8, 4) is 0 Å². The van der Waals surface area contributed by atoms with Crippen molar-refractivity contribution in [2.24, 2.45) is 0 Å². The van der Waals surface area contributed by atoms with Crippen molar-refractivity contribution in [2.75, 3.05) is 5.32 Å². The third-order valence-corrected chi connectivity index (χ3v) is 3.17. The number of hydrogen-bond acceptors (Lipinski definition) is 3. The first-order valence-corrected chi connectivity index (χ1v) is 6.57. The molecule has 0 atom stereocenters. The Bertz CT molecular complexity index is 889. The summed E-state index contributed by atoms with van der Waals surface area (Å²) in [6.07, 6.45) is 0. The molecule has 0 fully saturated rings. The zero-order valence-corrected chi connectivity index (χ0v) is 11.5. The Kier molecular flexibility index (Phi) is 3.41. The molecule has 0 aliphatic carbocycles. The highest BCUT2D eigenvalue weighted by molar-refractivity contribution is 6.31. The van der Waals surface area contributed by atoms with Gasteiger partial charge in [0.05, 0.1) is 5.52 Å². The first-order valence-electron chi connectivity index (χ1n) is 6.19. The third kappa shape index (κ3) is 2.78. The number of nitrogens with zero attached hydrogens (tertiary/aromatic N) is 1. The molecule has 6 heteroatoms. The maximum atomic E-state index is 12.3. The number of amides is 1. The molecule has 0 saturated carbocycles. The first-order chi connectivity index (χ1) is 10.1. The molecule has 1 heterocycles. The largest absolute Gasteiger partial charge is 0.346 e. The van der Waals surface area contributed by atoms with E-state index < -0.39 is 11.6 Å². The van der Waals surface area contributed by atoms with E-state index in [9.17, 15) is 9.59 Å². The van der Waals surface area contributed by atoms with Crippen LogP contribution in [0.1, 0.15) is 10.5 Å². The van der Waals surface area contributed by atoms with E-state index in [0.29, 0.717) is 21.6 Å². The van der Waals surface area contributed by atoms with Gasteiger partial charge in [0.25, 0.3) is 5.91 Å². The van der Waals surface area contributed by atoms with E-state index >= 15 is 0 Å². The maximum Gasteiger partial charge on any atom is 0.346 e. The van der Waals surface area contributed by atoms with Crippen molar-refractivity contribution in [2.45, 2.75) is 0 Å². The van der Waals surface area contributed by atoms with E-state index in [0.717, 1.165) is 0 Å². The molecule has 0 bridgehead atoms. The number of hydrogen-bond donors (Lipinski definition) is 2. The molecule has 0 radical (unpaired) electrons. The summed E-state index contributed by atoms with van der Waals surface area (Å²) in [6.45, 7) is 0. The number of nitrogens with one attached hydrogen (secondary N) is 2. The van der Waals surface area contributed by atoms with Gasteiger partial charge in [0, 0.05) is 16.1 Å². The molecule has 1 aromatic heterocycles. The van der Waals surface area contributed by atoms with Crippen molar-refractivity contribution < 1.29 is 4.79 Å². The van der Waals surface area contributed by atoms with Crippen LogP contribution in [0, 0.1) is 0 Å². The van der Waals surface area contributed by atoms with Crippen LogP contribution >= 0.6 is 11.6 Å². The van der Waals surface area contributed by atoms with Gasteiger partial charge < -0.3 is 10.3 Å². The maximum absolute atomic E-state index is 12.3. The highest BCUT2D eigenvalue weighted by Gasteiger charge is 2.13. The lowest BCUT2D eigenvalue weighted by Crippen LogP contribution is -2.21. The Hall–Kier alpha value is -2.66. The molecule has 2 N–H and O–H groups in total. The Morgan fingerprint density at radius 2 is 1.95 bits per heavy atom. The quantitative estimate of drug-likeness (QED) is 0.764. The number of aromatic amines is 1. The first kappa shape index (κ1) is 13.3.